The van der Waals surface area contributed by atoms with E-state index >= 15 is 0 Å². The molecule has 2 aromatic carbocycles. The summed E-state index contributed by atoms with van der Waals surface area (Å²) >= 11 is 0. The van der Waals surface area contributed by atoms with Crippen LogP contribution < -0.4 is 14.8 Å². The molecular weight excluding hydrogens is 465 g/mol. The molecule has 3 rings (SSSR count). The predicted octanol–water partition coefficient (Wildman–Crippen LogP) is 1.90. The molecule has 0 saturated carbocycles. The van der Waals surface area contributed by atoms with Crippen molar-refractivity contribution < 1.29 is 31.8 Å². The lowest BCUT2D eigenvalue weighted by Crippen LogP contribution is -2.41. The van der Waals surface area contributed by atoms with Crippen molar-refractivity contribution in [1.82, 2.24) is 14.5 Å². The highest BCUT2D eigenvalue weighted by Gasteiger charge is 2.30. The van der Waals surface area contributed by atoms with Gasteiger partial charge in [-0.25, -0.2) is 12.8 Å². The summed E-state index contributed by atoms with van der Waals surface area (Å²) in [5, 5.41) is 2.82. The molecule has 1 heterocycles. The summed E-state index contributed by atoms with van der Waals surface area (Å²) in [7, 11) is 2.76. The van der Waals surface area contributed by atoms with Crippen LogP contribution in [0.2, 0.25) is 0 Å². The number of carbonyl (C=O) groups is 1. The third-order valence-corrected chi connectivity index (χ3v) is 7.57. The quantitative estimate of drug-likeness (QED) is 0.568. The first-order chi connectivity index (χ1) is 16.2. The van der Waals surface area contributed by atoms with E-state index in [1.165, 1.54) is 6.07 Å². The number of likely N-dealkylation sites (N-methyl/N-ethyl adjacent to an activating group) is 1. The van der Waals surface area contributed by atoms with E-state index in [1.54, 1.807) is 20.3 Å². The number of hydrogen-bond donors (Lipinski definition) is 1. The number of benzene rings is 2. The molecule has 11 heteroatoms. The summed E-state index contributed by atoms with van der Waals surface area (Å²) in [6.07, 6.45) is 0. The zero-order valence-electron chi connectivity index (χ0n) is 19.7. The normalized spacial score (nSPS) is 15.7. The van der Waals surface area contributed by atoms with Crippen LogP contribution in [-0.2, 0) is 14.8 Å². The minimum Gasteiger partial charge on any atom is -0.493 e. The van der Waals surface area contributed by atoms with E-state index in [9.17, 15) is 17.6 Å². The Balaban J connectivity index is 1.79. The molecule has 1 atom stereocenters. The molecule has 9 nitrogen and oxygen atoms in total. The summed E-state index contributed by atoms with van der Waals surface area (Å²) < 4.78 is 57.3. The first kappa shape index (κ1) is 25.9. The van der Waals surface area contributed by atoms with Crippen LogP contribution in [0.5, 0.6) is 11.5 Å². The third-order valence-electron chi connectivity index (χ3n) is 5.65. The fraction of sp³-hybridized carbons (Fsp3) is 0.435. The van der Waals surface area contributed by atoms with Gasteiger partial charge >= 0.3 is 0 Å². The summed E-state index contributed by atoms with van der Waals surface area (Å²) in [6.45, 7) is 0.971. The Hall–Kier alpha value is -2.73. The molecule has 1 amide bonds. The Morgan fingerprint density at radius 2 is 1.79 bits per heavy atom. The number of nitrogens with one attached hydrogen (secondary N) is 1. The van der Waals surface area contributed by atoms with Crippen LogP contribution >= 0.6 is 0 Å². The van der Waals surface area contributed by atoms with Crippen molar-refractivity contribution in [3.8, 4) is 11.5 Å². The number of sulfonamides is 1. The zero-order chi connectivity index (χ0) is 24.9. The Morgan fingerprint density at radius 1 is 1.12 bits per heavy atom. The maximum absolute atomic E-state index is 14.5. The lowest BCUT2D eigenvalue weighted by atomic mass is 10.0. The van der Waals surface area contributed by atoms with Crippen LogP contribution in [0.1, 0.15) is 22.0 Å². The van der Waals surface area contributed by atoms with Crippen molar-refractivity contribution >= 4 is 15.9 Å². The van der Waals surface area contributed by atoms with Gasteiger partial charge in [0.15, 0.2) is 11.5 Å². The largest absolute Gasteiger partial charge is 0.493 e. The van der Waals surface area contributed by atoms with E-state index in [1.807, 2.05) is 31.1 Å². The number of methoxy groups -OCH3 is 2. The van der Waals surface area contributed by atoms with Crippen LogP contribution in [0.3, 0.4) is 0 Å². The van der Waals surface area contributed by atoms with Gasteiger partial charge in [-0.1, -0.05) is 6.07 Å². The fourth-order valence-electron chi connectivity index (χ4n) is 3.72. The minimum atomic E-state index is -4.09. The Labute approximate surface area is 199 Å². The van der Waals surface area contributed by atoms with Crippen LogP contribution in [-0.4, -0.2) is 84.7 Å². The van der Waals surface area contributed by atoms with Gasteiger partial charge in [0.1, 0.15) is 10.7 Å². The molecule has 1 fully saturated rings. The molecule has 0 bridgehead atoms. The Kier molecular flexibility index (Phi) is 8.47. The molecule has 0 spiro atoms. The average molecular weight is 496 g/mol. The second-order valence-electron chi connectivity index (χ2n) is 7.97. The number of morpholine rings is 1. The fourth-order valence-corrected chi connectivity index (χ4v) is 5.22. The summed E-state index contributed by atoms with van der Waals surface area (Å²) in [5.74, 6) is -0.256. The molecule has 0 aromatic heterocycles. The molecule has 0 radical (unpaired) electrons. The van der Waals surface area contributed by atoms with Crippen molar-refractivity contribution in [2.45, 2.75) is 10.9 Å². The van der Waals surface area contributed by atoms with Gasteiger partial charge in [-0.2, -0.15) is 4.31 Å². The van der Waals surface area contributed by atoms with E-state index in [-0.39, 0.29) is 44.5 Å². The Morgan fingerprint density at radius 3 is 2.41 bits per heavy atom. The van der Waals surface area contributed by atoms with Crippen LogP contribution in [0.25, 0.3) is 0 Å². The van der Waals surface area contributed by atoms with Gasteiger partial charge < -0.3 is 24.4 Å². The summed E-state index contributed by atoms with van der Waals surface area (Å²) in [6, 6.07) is 8.64. The van der Waals surface area contributed by atoms with Gasteiger partial charge in [0.05, 0.1) is 33.5 Å². The molecule has 1 N–H and O–H groups in total. The van der Waals surface area contributed by atoms with Crippen molar-refractivity contribution in [2.24, 2.45) is 0 Å². The highest BCUT2D eigenvalue weighted by Crippen LogP contribution is 2.31. The van der Waals surface area contributed by atoms with Gasteiger partial charge in [-0.15, -0.1) is 0 Å². The molecular formula is C23H30FN3O6S. The number of ether oxygens (including phenoxy) is 3. The molecule has 1 saturated heterocycles. The maximum Gasteiger partial charge on any atom is 0.251 e. The molecule has 34 heavy (non-hydrogen) atoms. The minimum absolute atomic E-state index is 0.0538. The van der Waals surface area contributed by atoms with E-state index in [4.69, 9.17) is 14.2 Å². The molecule has 1 aliphatic heterocycles. The number of hydrogen-bond acceptors (Lipinski definition) is 7. The first-order valence-corrected chi connectivity index (χ1v) is 12.2. The van der Waals surface area contributed by atoms with Gasteiger partial charge in [0.2, 0.25) is 10.0 Å². The highest BCUT2D eigenvalue weighted by atomic mass is 32.2. The van der Waals surface area contributed by atoms with Gasteiger partial charge in [0, 0.05) is 25.2 Å². The van der Waals surface area contributed by atoms with Crippen molar-refractivity contribution in [3.63, 3.8) is 0 Å². The van der Waals surface area contributed by atoms with E-state index in [0.717, 1.165) is 22.0 Å². The number of carbonyl (C=O) groups excluding carboxylic acids is 1. The lowest BCUT2D eigenvalue weighted by molar-refractivity contribution is 0.0729. The predicted molar refractivity (Wildman–Crippen MR) is 124 cm³/mol. The molecule has 2 aromatic rings. The van der Waals surface area contributed by atoms with Gasteiger partial charge in [-0.3, -0.25) is 4.79 Å². The molecule has 186 valence electrons. The van der Waals surface area contributed by atoms with E-state index < -0.39 is 26.6 Å². The van der Waals surface area contributed by atoms with Crippen LogP contribution in [0, 0.1) is 5.82 Å². The second-order valence-corrected chi connectivity index (χ2v) is 9.87. The second kappa shape index (κ2) is 11.1. The van der Waals surface area contributed by atoms with Crippen molar-refractivity contribution in [1.29, 1.82) is 0 Å². The standard InChI is InChI=1S/C23H30FN3O6S/c1-26(2)19(16-6-8-20(31-3)21(13-16)32-4)15-25-23(28)17-5-7-18(24)22(14-17)34(29,30)27-9-11-33-12-10-27/h5-8,13-14,19H,9-12,15H2,1-4H3,(H,25,28)/t19-/m0/s1. The summed E-state index contributed by atoms with van der Waals surface area (Å²) in [4.78, 5) is 14.3. The number of amides is 1. The molecule has 0 unspecified atom stereocenters. The first-order valence-electron chi connectivity index (χ1n) is 10.7. The third kappa shape index (κ3) is 5.66. The number of rotatable bonds is 9. The summed E-state index contributed by atoms with van der Waals surface area (Å²) in [5.41, 5.74) is 0.940. The highest BCUT2D eigenvalue weighted by molar-refractivity contribution is 7.89. The maximum atomic E-state index is 14.5. The number of nitrogens with zero attached hydrogens (tertiary/aromatic N) is 2. The van der Waals surface area contributed by atoms with Gasteiger partial charge in [-0.05, 0) is 50.0 Å². The average Bonchev–Trinajstić information content (AvgIpc) is 2.84. The molecule has 0 aliphatic carbocycles. The van der Waals surface area contributed by atoms with E-state index in [0.29, 0.717) is 11.5 Å². The Bertz CT molecular complexity index is 1120. The topological polar surface area (TPSA) is 97.4 Å². The number of halogens is 1. The smallest absolute Gasteiger partial charge is 0.251 e. The van der Waals surface area contributed by atoms with E-state index in [2.05, 4.69) is 5.32 Å². The molecule has 1 aliphatic rings. The monoisotopic (exact) mass is 495 g/mol. The van der Waals surface area contributed by atoms with Crippen LogP contribution in [0.15, 0.2) is 41.3 Å². The zero-order valence-corrected chi connectivity index (χ0v) is 20.5. The van der Waals surface area contributed by atoms with Gasteiger partial charge in [0.25, 0.3) is 5.91 Å². The van der Waals surface area contributed by atoms with Crippen molar-refractivity contribution in [3.05, 3.63) is 53.3 Å². The lowest BCUT2D eigenvalue weighted by Gasteiger charge is -2.26. The SMILES string of the molecule is COc1ccc([C@H](CNC(=O)c2ccc(F)c(S(=O)(=O)N3CCOCC3)c2)N(C)C)cc1OC. The van der Waals surface area contributed by atoms with Crippen molar-refractivity contribution in [2.75, 3.05) is 61.2 Å². The van der Waals surface area contributed by atoms with Crippen LogP contribution in [0.4, 0.5) is 4.39 Å².